The fourth-order valence-electron chi connectivity index (χ4n) is 3.40. The number of carbonyl (C=O) groups is 2. The Balaban J connectivity index is 4.11. The van der Waals surface area contributed by atoms with Crippen LogP contribution >= 0.6 is 0 Å². The van der Waals surface area contributed by atoms with Gasteiger partial charge in [0.15, 0.2) is 0 Å². The summed E-state index contributed by atoms with van der Waals surface area (Å²) in [5.74, 6) is -1.92. The largest absolute Gasteiger partial charge is 0.480 e. The summed E-state index contributed by atoms with van der Waals surface area (Å²) in [5.41, 5.74) is 9.95. The Morgan fingerprint density at radius 2 is 1.00 bits per heavy atom. The SMILES string of the molecule is CCC(C)[C@@](N)(CCCCCCCC[C@@](N)(C(=O)O)C(C)CC)C(=O)O. The zero-order chi connectivity index (χ0) is 20.4. The summed E-state index contributed by atoms with van der Waals surface area (Å²) in [7, 11) is 0. The third-order valence-electron chi connectivity index (χ3n) is 6.21. The summed E-state index contributed by atoms with van der Waals surface area (Å²) in [5, 5.41) is 18.8. The lowest BCUT2D eigenvalue weighted by molar-refractivity contribution is -0.146. The van der Waals surface area contributed by atoms with Crippen LogP contribution in [0.5, 0.6) is 0 Å². The molecule has 0 aromatic rings. The molecule has 0 aromatic carbocycles. The van der Waals surface area contributed by atoms with Gasteiger partial charge in [0, 0.05) is 0 Å². The zero-order valence-corrected chi connectivity index (χ0v) is 17.1. The highest BCUT2D eigenvalue weighted by Gasteiger charge is 2.39. The number of carboxylic acid groups (broad SMARTS) is 2. The summed E-state index contributed by atoms with van der Waals surface area (Å²) in [6.45, 7) is 7.71. The van der Waals surface area contributed by atoms with Crippen LogP contribution in [0.15, 0.2) is 0 Å². The first kappa shape index (κ1) is 24.9. The summed E-state index contributed by atoms with van der Waals surface area (Å²) in [6.07, 6.45) is 8.00. The van der Waals surface area contributed by atoms with Crippen LogP contribution < -0.4 is 11.5 Å². The predicted molar refractivity (Wildman–Crippen MR) is 105 cm³/mol. The quantitative estimate of drug-likeness (QED) is 0.324. The third kappa shape index (κ3) is 6.88. The Morgan fingerprint density at radius 3 is 1.23 bits per heavy atom. The molecule has 0 amide bonds. The molecule has 0 fully saturated rings. The van der Waals surface area contributed by atoms with E-state index in [-0.39, 0.29) is 11.8 Å². The lowest BCUT2D eigenvalue weighted by Crippen LogP contribution is -2.53. The minimum absolute atomic E-state index is 0.0470. The maximum absolute atomic E-state index is 11.5. The monoisotopic (exact) mass is 372 g/mol. The molecule has 6 N–H and O–H groups in total. The van der Waals surface area contributed by atoms with E-state index in [0.717, 1.165) is 51.4 Å². The van der Waals surface area contributed by atoms with E-state index in [1.807, 2.05) is 27.7 Å². The second kappa shape index (κ2) is 11.5. The molecule has 6 nitrogen and oxygen atoms in total. The third-order valence-corrected chi connectivity index (χ3v) is 6.21. The van der Waals surface area contributed by atoms with Gasteiger partial charge < -0.3 is 21.7 Å². The van der Waals surface area contributed by atoms with Gasteiger partial charge in [0.05, 0.1) is 0 Å². The molecular formula is C20H40N2O4. The van der Waals surface area contributed by atoms with E-state index >= 15 is 0 Å². The van der Waals surface area contributed by atoms with Gasteiger partial charge in [-0.05, 0) is 24.7 Å². The Hall–Kier alpha value is -1.14. The second-order valence-electron chi connectivity index (χ2n) is 7.93. The molecular weight excluding hydrogens is 332 g/mol. The Bertz CT molecular complexity index is 404. The van der Waals surface area contributed by atoms with Crippen LogP contribution in [0.25, 0.3) is 0 Å². The van der Waals surface area contributed by atoms with Crippen LogP contribution in [-0.2, 0) is 9.59 Å². The molecule has 0 aliphatic heterocycles. The maximum atomic E-state index is 11.5. The lowest BCUT2D eigenvalue weighted by atomic mass is 9.79. The highest BCUT2D eigenvalue weighted by Crippen LogP contribution is 2.26. The molecule has 0 radical (unpaired) electrons. The van der Waals surface area contributed by atoms with Crippen molar-refractivity contribution in [1.82, 2.24) is 0 Å². The molecule has 0 aromatic heterocycles. The van der Waals surface area contributed by atoms with Crippen molar-refractivity contribution < 1.29 is 19.8 Å². The van der Waals surface area contributed by atoms with E-state index in [0.29, 0.717) is 12.8 Å². The average Bonchev–Trinajstić information content (AvgIpc) is 2.61. The van der Waals surface area contributed by atoms with E-state index in [9.17, 15) is 19.8 Å². The smallest absolute Gasteiger partial charge is 0.323 e. The van der Waals surface area contributed by atoms with Gasteiger partial charge >= 0.3 is 11.9 Å². The minimum atomic E-state index is -1.13. The number of unbranched alkanes of at least 4 members (excludes halogenated alkanes) is 5. The van der Waals surface area contributed by atoms with Gasteiger partial charge in [-0.2, -0.15) is 0 Å². The average molecular weight is 373 g/mol. The molecule has 0 spiro atoms. The first-order valence-electron chi connectivity index (χ1n) is 10.1. The van der Waals surface area contributed by atoms with E-state index in [1.54, 1.807) is 0 Å². The van der Waals surface area contributed by atoms with E-state index in [4.69, 9.17) is 11.5 Å². The molecule has 2 unspecified atom stereocenters. The summed E-state index contributed by atoms with van der Waals surface area (Å²) < 4.78 is 0. The van der Waals surface area contributed by atoms with Gasteiger partial charge in [-0.25, -0.2) is 0 Å². The van der Waals surface area contributed by atoms with Gasteiger partial charge in [-0.3, -0.25) is 9.59 Å². The number of nitrogens with two attached hydrogens (primary N) is 2. The molecule has 0 bridgehead atoms. The maximum Gasteiger partial charge on any atom is 0.323 e. The van der Waals surface area contributed by atoms with Crippen molar-refractivity contribution in [3.05, 3.63) is 0 Å². The zero-order valence-electron chi connectivity index (χ0n) is 17.1. The Morgan fingerprint density at radius 1 is 0.731 bits per heavy atom. The van der Waals surface area contributed by atoms with Crippen LogP contribution in [0.2, 0.25) is 0 Å². The highest BCUT2D eigenvalue weighted by molar-refractivity contribution is 5.79. The topological polar surface area (TPSA) is 127 Å². The van der Waals surface area contributed by atoms with Gasteiger partial charge in [-0.15, -0.1) is 0 Å². The van der Waals surface area contributed by atoms with Crippen molar-refractivity contribution >= 4 is 11.9 Å². The summed E-state index contributed by atoms with van der Waals surface area (Å²) in [6, 6.07) is 0. The van der Waals surface area contributed by atoms with Crippen molar-refractivity contribution in [2.24, 2.45) is 23.3 Å². The molecule has 0 aliphatic rings. The fraction of sp³-hybridized carbons (Fsp3) is 0.900. The van der Waals surface area contributed by atoms with Crippen molar-refractivity contribution in [3.63, 3.8) is 0 Å². The Labute approximate surface area is 158 Å². The molecule has 0 heterocycles. The first-order chi connectivity index (χ1) is 12.1. The normalized spacial score (nSPS) is 18.5. The van der Waals surface area contributed by atoms with Gasteiger partial charge in [0.2, 0.25) is 0 Å². The highest BCUT2D eigenvalue weighted by atomic mass is 16.4. The minimum Gasteiger partial charge on any atom is -0.480 e. The summed E-state index contributed by atoms with van der Waals surface area (Å²) >= 11 is 0. The number of rotatable bonds is 15. The lowest BCUT2D eigenvalue weighted by Gasteiger charge is -2.31. The number of hydrogen-bond donors (Lipinski definition) is 4. The van der Waals surface area contributed by atoms with Crippen LogP contribution in [0, 0.1) is 11.8 Å². The van der Waals surface area contributed by atoms with E-state index < -0.39 is 23.0 Å². The van der Waals surface area contributed by atoms with Crippen LogP contribution in [0.3, 0.4) is 0 Å². The van der Waals surface area contributed by atoms with Gasteiger partial charge in [-0.1, -0.05) is 79.1 Å². The molecule has 6 heteroatoms. The van der Waals surface area contributed by atoms with Crippen molar-refractivity contribution in [1.29, 1.82) is 0 Å². The molecule has 0 saturated carbocycles. The van der Waals surface area contributed by atoms with E-state index in [1.165, 1.54) is 0 Å². The summed E-state index contributed by atoms with van der Waals surface area (Å²) in [4.78, 5) is 22.9. The van der Waals surface area contributed by atoms with Crippen LogP contribution in [0.4, 0.5) is 0 Å². The van der Waals surface area contributed by atoms with Gasteiger partial charge in [0.25, 0.3) is 0 Å². The van der Waals surface area contributed by atoms with Crippen molar-refractivity contribution in [2.75, 3.05) is 0 Å². The van der Waals surface area contributed by atoms with Gasteiger partial charge in [0.1, 0.15) is 11.1 Å². The molecule has 0 aliphatic carbocycles. The predicted octanol–water partition coefficient (Wildman–Crippen LogP) is 3.76. The second-order valence-corrected chi connectivity index (χ2v) is 7.93. The van der Waals surface area contributed by atoms with Crippen molar-refractivity contribution in [2.45, 2.75) is 103 Å². The molecule has 26 heavy (non-hydrogen) atoms. The van der Waals surface area contributed by atoms with Crippen LogP contribution in [0.1, 0.15) is 91.9 Å². The fourth-order valence-corrected chi connectivity index (χ4v) is 3.40. The first-order valence-corrected chi connectivity index (χ1v) is 10.1. The van der Waals surface area contributed by atoms with E-state index in [2.05, 4.69) is 0 Å². The number of hydrogen-bond acceptors (Lipinski definition) is 4. The molecule has 0 rings (SSSR count). The Kier molecular flexibility index (Phi) is 11.0. The molecule has 154 valence electrons. The molecule has 0 saturated heterocycles. The number of aliphatic carboxylic acids is 2. The van der Waals surface area contributed by atoms with Crippen LogP contribution in [-0.4, -0.2) is 33.2 Å². The van der Waals surface area contributed by atoms with Crippen molar-refractivity contribution in [3.8, 4) is 0 Å². The molecule has 4 atom stereocenters. The number of carboxylic acids is 2. The standard InChI is InChI=1S/C20H40N2O4/c1-5-15(3)19(21,17(23)24)13-11-9-7-8-10-12-14-20(22,18(25)26)16(4)6-2/h15-16H,5-14,21-22H2,1-4H3,(H,23,24)(H,25,26)/t15?,16?,19-,20-/m0/s1.